The van der Waals surface area contributed by atoms with Crippen molar-refractivity contribution in [3.8, 4) is 6.07 Å². The molecule has 1 amide bonds. The summed E-state index contributed by atoms with van der Waals surface area (Å²) in [7, 11) is 0. The van der Waals surface area contributed by atoms with Crippen molar-refractivity contribution in [3.63, 3.8) is 0 Å². The molecule has 4 aliphatic carbocycles. The minimum Gasteiger partial charge on any atom is -0.315 e. The molecule has 0 aliphatic heterocycles. The van der Waals surface area contributed by atoms with Crippen LogP contribution in [-0.2, 0) is 4.79 Å². The Hall–Kier alpha value is -1.62. The number of aryl methyl sites for hydroxylation is 1. The molecule has 2 atom stereocenters. The van der Waals surface area contributed by atoms with Gasteiger partial charge in [-0.3, -0.25) is 4.79 Å². The third-order valence-electron chi connectivity index (χ3n) is 6.35. The van der Waals surface area contributed by atoms with Gasteiger partial charge in [0, 0.05) is 0 Å². The number of carbonyl (C=O) groups is 1. The zero-order chi connectivity index (χ0) is 18.0. The van der Waals surface area contributed by atoms with Gasteiger partial charge in [0.05, 0.1) is 16.5 Å². The molecule has 4 bridgehead atoms. The SMILES string of the molecule is Cc1nsc(NC(=O)C23CC4CC(C2)CC(C(F)(F)F)(C4)C3)c1C#N. The van der Waals surface area contributed by atoms with Gasteiger partial charge in [-0.1, -0.05) is 0 Å². The molecule has 8 heteroatoms. The van der Waals surface area contributed by atoms with Gasteiger partial charge in [0.1, 0.15) is 16.6 Å². The van der Waals surface area contributed by atoms with Crippen LogP contribution in [0.5, 0.6) is 0 Å². The quantitative estimate of drug-likeness (QED) is 0.840. The molecule has 4 aliphatic rings. The molecule has 1 aromatic rings. The first-order valence-corrected chi connectivity index (χ1v) is 9.20. The highest BCUT2D eigenvalue weighted by molar-refractivity contribution is 7.10. The van der Waals surface area contributed by atoms with Gasteiger partial charge in [-0.25, -0.2) is 0 Å². The molecule has 1 aromatic heterocycles. The molecular formula is C17H18F3N3OS. The van der Waals surface area contributed by atoms with E-state index in [1.54, 1.807) is 6.92 Å². The van der Waals surface area contributed by atoms with E-state index in [4.69, 9.17) is 0 Å². The molecule has 0 radical (unpaired) electrons. The zero-order valence-electron chi connectivity index (χ0n) is 13.7. The summed E-state index contributed by atoms with van der Waals surface area (Å²) >= 11 is 1.01. The summed E-state index contributed by atoms with van der Waals surface area (Å²) < 4.78 is 45.5. The number of anilines is 1. The molecule has 1 heterocycles. The molecule has 1 N–H and O–H groups in total. The number of hydrogen-bond acceptors (Lipinski definition) is 4. The zero-order valence-corrected chi connectivity index (χ0v) is 14.6. The van der Waals surface area contributed by atoms with Crippen LogP contribution in [0.1, 0.15) is 49.8 Å². The van der Waals surface area contributed by atoms with Crippen LogP contribution in [0.25, 0.3) is 0 Å². The number of nitriles is 1. The lowest BCUT2D eigenvalue weighted by Crippen LogP contribution is -2.60. The Kier molecular flexibility index (Phi) is 3.50. The average Bonchev–Trinajstić information content (AvgIpc) is 2.84. The molecule has 5 rings (SSSR count). The van der Waals surface area contributed by atoms with E-state index in [1.165, 1.54) is 0 Å². The topological polar surface area (TPSA) is 65.8 Å². The number of nitrogens with one attached hydrogen (secondary N) is 1. The van der Waals surface area contributed by atoms with E-state index in [1.807, 2.05) is 6.07 Å². The largest absolute Gasteiger partial charge is 0.394 e. The maximum atomic E-state index is 13.8. The molecule has 4 fully saturated rings. The highest BCUT2D eigenvalue weighted by atomic mass is 32.1. The first kappa shape index (κ1) is 16.8. The fourth-order valence-corrected chi connectivity index (χ4v) is 6.42. The second-order valence-electron chi connectivity index (χ2n) is 8.06. The standard InChI is InChI=1S/C17H18F3N3OS/c1-9-12(7-21)13(25-23-9)22-14(24)15-3-10-2-11(4-15)6-16(5-10,8-15)17(18,19)20/h10-11H,2-6,8H2,1H3,(H,22,24). The summed E-state index contributed by atoms with van der Waals surface area (Å²) in [5.74, 6) is -0.435. The van der Waals surface area contributed by atoms with Crippen molar-refractivity contribution in [2.75, 3.05) is 5.32 Å². The van der Waals surface area contributed by atoms with Crippen molar-refractivity contribution < 1.29 is 18.0 Å². The van der Waals surface area contributed by atoms with Crippen LogP contribution in [0, 0.1) is 40.9 Å². The summed E-state index contributed by atoms with van der Waals surface area (Å²) in [6.45, 7) is 1.67. The fraction of sp³-hybridized carbons (Fsp3) is 0.706. The maximum Gasteiger partial charge on any atom is 0.394 e. The predicted molar refractivity (Wildman–Crippen MR) is 85.8 cm³/mol. The second kappa shape index (κ2) is 5.19. The van der Waals surface area contributed by atoms with E-state index >= 15 is 0 Å². The van der Waals surface area contributed by atoms with E-state index in [9.17, 15) is 23.2 Å². The summed E-state index contributed by atoms with van der Waals surface area (Å²) in [5, 5.41) is 12.3. The average molecular weight is 369 g/mol. The van der Waals surface area contributed by atoms with Gasteiger partial charge in [-0.2, -0.15) is 22.8 Å². The van der Waals surface area contributed by atoms with Gasteiger partial charge in [-0.05, 0) is 68.8 Å². The lowest BCUT2D eigenvalue weighted by molar-refractivity contribution is -0.283. The van der Waals surface area contributed by atoms with E-state index in [0.29, 0.717) is 29.1 Å². The molecule has 25 heavy (non-hydrogen) atoms. The van der Waals surface area contributed by atoms with Gasteiger partial charge >= 0.3 is 6.18 Å². The number of halogens is 3. The summed E-state index contributed by atoms with van der Waals surface area (Å²) in [6, 6.07) is 2.01. The Morgan fingerprint density at radius 3 is 2.52 bits per heavy atom. The van der Waals surface area contributed by atoms with E-state index in [2.05, 4.69) is 9.69 Å². The van der Waals surface area contributed by atoms with Crippen molar-refractivity contribution in [2.24, 2.45) is 22.7 Å². The number of carbonyl (C=O) groups excluding carboxylic acids is 1. The third kappa shape index (κ3) is 2.39. The van der Waals surface area contributed by atoms with Crippen molar-refractivity contribution in [2.45, 2.75) is 51.6 Å². The Labute approximate surface area is 147 Å². The molecule has 4 saturated carbocycles. The molecule has 4 nitrogen and oxygen atoms in total. The molecule has 0 spiro atoms. The van der Waals surface area contributed by atoms with Crippen LogP contribution in [0.3, 0.4) is 0 Å². The van der Waals surface area contributed by atoms with Crippen LogP contribution in [-0.4, -0.2) is 16.5 Å². The highest BCUT2D eigenvalue weighted by Gasteiger charge is 2.68. The normalized spacial score (nSPS) is 36.3. The van der Waals surface area contributed by atoms with Crippen molar-refractivity contribution in [3.05, 3.63) is 11.3 Å². The van der Waals surface area contributed by atoms with Crippen molar-refractivity contribution in [1.29, 1.82) is 5.26 Å². The predicted octanol–water partition coefficient (Wildman–Crippen LogP) is 4.41. The van der Waals surface area contributed by atoms with Crippen LogP contribution in [0.4, 0.5) is 18.2 Å². The third-order valence-corrected chi connectivity index (χ3v) is 7.20. The molecule has 134 valence electrons. The number of alkyl halides is 3. The first-order valence-electron chi connectivity index (χ1n) is 8.43. The minimum absolute atomic E-state index is 0.0349. The molecule has 0 saturated heterocycles. The monoisotopic (exact) mass is 369 g/mol. The number of hydrogen-bond donors (Lipinski definition) is 1. The minimum atomic E-state index is -4.27. The first-order chi connectivity index (χ1) is 11.7. The summed E-state index contributed by atoms with van der Waals surface area (Å²) in [5.41, 5.74) is -1.85. The molecule has 0 aromatic carbocycles. The van der Waals surface area contributed by atoms with Crippen LogP contribution in [0.15, 0.2) is 0 Å². The number of rotatable bonds is 2. The van der Waals surface area contributed by atoms with Crippen molar-refractivity contribution >= 4 is 22.4 Å². The maximum absolute atomic E-state index is 13.8. The van der Waals surface area contributed by atoms with E-state index in [0.717, 1.165) is 18.0 Å². The smallest absolute Gasteiger partial charge is 0.315 e. The van der Waals surface area contributed by atoms with Gasteiger partial charge in [-0.15, -0.1) is 0 Å². The van der Waals surface area contributed by atoms with Crippen LogP contribution >= 0.6 is 11.5 Å². The summed E-state index contributed by atoms with van der Waals surface area (Å²) in [4.78, 5) is 13.0. The van der Waals surface area contributed by atoms with Gasteiger partial charge < -0.3 is 5.32 Å². The van der Waals surface area contributed by atoms with Gasteiger partial charge in [0.15, 0.2) is 0 Å². The Bertz CT molecular complexity index is 765. The Balaban J connectivity index is 1.65. The van der Waals surface area contributed by atoms with Crippen LogP contribution in [0.2, 0.25) is 0 Å². The Morgan fingerprint density at radius 2 is 1.96 bits per heavy atom. The highest BCUT2D eigenvalue weighted by Crippen LogP contribution is 2.69. The molecule has 2 unspecified atom stereocenters. The number of nitrogens with zero attached hydrogens (tertiary/aromatic N) is 2. The van der Waals surface area contributed by atoms with E-state index in [-0.39, 0.29) is 37.0 Å². The second-order valence-corrected chi connectivity index (χ2v) is 8.83. The summed E-state index contributed by atoms with van der Waals surface area (Å²) in [6.07, 6.45) is -2.23. The van der Waals surface area contributed by atoms with Crippen molar-refractivity contribution in [1.82, 2.24) is 4.37 Å². The Morgan fingerprint density at radius 1 is 1.32 bits per heavy atom. The number of amides is 1. The fourth-order valence-electron chi connectivity index (χ4n) is 5.68. The lowest BCUT2D eigenvalue weighted by Gasteiger charge is -2.61. The van der Waals surface area contributed by atoms with E-state index < -0.39 is 17.0 Å². The lowest BCUT2D eigenvalue weighted by atomic mass is 9.43. The van der Waals surface area contributed by atoms with Gasteiger partial charge in [0.2, 0.25) is 5.91 Å². The molecular weight excluding hydrogens is 351 g/mol. The number of aromatic nitrogens is 1. The van der Waals surface area contributed by atoms with Gasteiger partial charge in [0.25, 0.3) is 0 Å². The van der Waals surface area contributed by atoms with Crippen LogP contribution < -0.4 is 5.32 Å².